The van der Waals surface area contributed by atoms with Gasteiger partial charge in [-0.1, -0.05) is 0 Å². The van der Waals surface area contributed by atoms with Crippen molar-refractivity contribution in [2.45, 2.75) is 68.3 Å². The molecule has 0 saturated carbocycles. The van der Waals surface area contributed by atoms with Crippen molar-refractivity contribution in [3.63, 3.8) is 0 Å². The van der Waals surface area contributed by atoms with Gasteiger partial charge in [0, 0.05) is 6.92 Å². The van der Waals surface area contributed by atoms with Gasteiger partial charge in [0.15, 0.2) is 12.6 Å². The second kappa shape index (κ2) is 11.9. The summed E-state index contributed by atoms with van der Waals surface area (Å²) >= 11 is 0. The van der Waals surface area contributed by atoms with E-state index in [2.05, 4.69) is 9.50 Å². The predicted octanol–water partition coefficient (Wildman–Crippen LogP) is -8.76. The van der Waals surface area contributed by atoms with Gasteiger partial charge in [0.05, 0.1) is 13.2 Å². The van der Waals surface area contributed by atoms with Crippen LogP contribution in [-0.2, 0) is 33.6 Å². The summed E-state index contributed by atoms with van der Waals surface area (Å²) in [4.78, 5) is 11.3. The van der Waals surface area contributed by atoms with Crippen LogP contribution in [0.15, 0.2) is 0 Å². The van der Waals surface area contributed by atoms with Crippen molar-refractivity contribution >= 4 is 16.3 Å². The van der Waals surface area contributed by atoms with E-state index in [-0.39, 0.29) is 29.6 Å². The van der Waals surface area contributed by atoms with E-state index in [1.54, 1.807) is 0 Å². The fourth-order valence-electron chi connectivity index (χ4n) is 3.11. The van der Waals surface area contributed by atoms with Crippen LogP contribution in [0.3, 0.4) is 0 Å². The van der Waals surface area contributed by atoms with Crippen LogP contribution in [0, 0.1) is 0 Å². The molecule has 10 atom stereocenters. The molecule has 31 heavy (non-hydrogen) atoms. The third kappa shape index (κ3) is 7.49. The van der Waals surface area contributed by atoms with Crippen LogP contribution in [-0.4, -0.2) is 124 Å². The van der Waals surface area contributed by atoms with E-state index >= 15 is 0 Å². The van der Waals surface area contributed by atoms with Crippen LogP contribution in [0.5, 0.6) is 0 Å². The topological polar surface area (TPSA) is 245 Å². The Kier molecular flexibility index (Phi) is 11.1. The van der Waals surface area contributed by atoms with Crippen LogP contribution in [0.1, 0.15) is 6.92 Å². The molecule has 17 heteroatoms. The molecule has 0 spiro atoms. The first-order chi connectivity index (χ1) is 13.9. The van der Waals surface area contributed by atoms with Gasteiger partial charge in [0.1, 0.15) is 48.8 Å². The molecule has 0 aromatic carbocycles. The zero-order valence-corrected chi connectivity index (χ0v) is 19.4. The van der Waals surface area contributed by atoms with E-state index in [0.717, 1.165) is 6.92 Å². The summed E-state index contributed by atoms with van der Waals surface area (Å²) < 4.78 is 51.9. The van der Waals surface area contributed by atoms with E-state index in [0.29, 0.717) is 0 Å². The van der Waals surface area contributed by atoms with Gasteiger partial charge in [-0.2, -0.15) is 0 Å². The zero-order valence-electron chi connectivity index (χ0n) is 16.5. The van der Waals surface area contributed by atoms with Crippen molar-refractivity contribution in [3.8, 4) is 0 Å². The molecule has 15 nitrogen and oxygen atoms in total. The maximum atomic E-state index is 11.3. The van der Waals surface area contributed by atoms with Gasteiger partial charge in [-0.25, -0.2) is 8.42 Å². The van der Waals surface area contributed by atoms with Gasteiger partial charge in [-0.05, 0) is 0 Å². The number of ether oxygens (including phenoxy) is 3. The number of rotatable bonds is 7. The van der Waals surface area contributed by atoms with E-state index in [4.69, 9.17) is 14.2 Å². The van der Waals surface area contributed by atoms with Gasteiger partial charge in [0.2, 0.25) is 16.3 Å². The first-order valence-electron chi connectivity index (χ1n) is 8.70. The van der Waals surface area contributed by atoms with E-state index in [1.165, 1.54) is 0 Å². The number of aliphatic hydroxyl groups excluding tert-OH is 6. The number of amides is 1. The van der Waals surface area contributed by atoms with Crippen LogP contribution in [0.4, 0.5) is 0 Å². The van der Waals surface area contributed by atoms with E-state index < -0.39 is 90.9 Å². The molecule has 0 aromatic rings. The SMILES string of the molecule is CC(=O)N[C@H]1[C@@H](O)[C@H](O[C@@H]2OC(CO)[C@H](O)[C@H](O)[C@@H]2O)C(COS(=O)(=O)[O-])O[C@H]1O.[Na+]. The molecule has 2 heterocycles. The fraction of sp³-hybridized carbons (Fsp3) is 0.929. The summed E-state index contributed by atoms with van der Waals surface area (Å²) in [5.74, 6) is -0.676. The molecular formula is C14H24NNaO14S. The third-order valence-electron chi connectivity index (χ3n) is 4.58. The molecule has 7 N–H and O–H groups in total. The Morgan fingerprint density at radius 1 is 1.03 bits per heavy atom. The Hall–Kier alpha value is -0.0200. The molecular weight excluding hydrogens is 461 g/mol. The maximum Gasteiger partial charge on any atom is 1.00 e. The molecule has 0 bridgehead atoms. The smallest absolute Gasteiger partial charge is 0.726 e. The number of aliphatic hydroxyl groups is 6. The number of carbonyl (C=O) groups is 1. The summed E-state index contributed by atoms with van der Waals surface area (Å²) in [6.07, 6.45) is -15.5. The monoisotopic (exact) mass is 485 g/mol. The summed E-state index contributed by atoms with van der Waals surface area (Å²) in [6.45, 7) is -0.719. The predicted molar refractivity (Wildman–Crippen MR) is 88.8 cm³/mol. The van der Waals surface area contributed by atoms with Crippen LogP contribution in [0.2, 0.25) is 0 Å². The molecule has 0 radical (unpaired) electrons. The molecule has 2 fully saturated rings. The quantitative estimate of drug-likeness (QED) is 0.101. The third-order valence-corrected chi connectivity index (χ3v) is 5.00. The Labute approximate surface area is 199 Å². The van der Waals surface area contributed by atoms with Crippen LogP contribution < -0.4 is 34.9 Å². The van der Waals surface area contributed by atoms with Gasteiger partial charge >= 0.3 is 29.6 Å². The van der Waals surface area contributed by atoms with Crippen molar-refractivity contribution < 1.29 is 96.4 Å². The number of hydrogen-bond acceptors (Lipinski definition) is 14. The fourth-order valence-corrected chi connectivity index (χ4v) is 3.41. The average Bonchev–Trinajstić information content (AvgIpc) is 2.65. The van der Waals surface area contributed by atoms with Gasteiger partial charge in [-0.15, -0.1) is 0 Å². The second-order valence-electron chi connectivity index (χ2n) is 6.77. The normalized spacial score (nSPS) is 41.3. The molecule has 0 aromatic heterocycles. The Bertz CT molecular complexity index is 694. The van der Waals surface area contributed by atoms with Crippen molar-refractivity contribution in [1.29, 1.82) is 0 Å². The summed E-state index contributed by atoms with van der Waals surface area (Å²) in [5.41, 5.74) is 0. The minimum atomic E-state index is -5.19. The first kappa shape index (κ1) is 29.0. The molecule has 2 unspecified atom stereocenters. The Morgan fingerprint density at radius 3 is 2.16 bits per heavy atom. The molecule has 2 saturated heterocycles. The Balaban J connectivity index is 0.00000480. The summed E-state index contributed by atoms with van der Waals surface area (Å²) in [7, 11) is -5.19. The average molecular weight is 485 g/mol. The molecule has 176 valence electrons. The molecule has 0 aliphatic carbocycles. The Morgan fingerprint density at radius 2 is 1.65 bits per heavy atom. The van der Waals surface area contributed by atoms with Crippen molar-refractivity contribution in [1.82, 2.24) is 5.32 Å². The molecule has 2 aliphatic heterocycles. The van der Waals surface area contributed by atoms with Crippen molar-refractivity contribution in [3.05, 3.63) is 0 Å². The number of hydrogen-bond donors (Lipinski definition) is 7. The molecule has 2 rings (SSSR count). The van der Waals surface area contributed by atoms with Crippen molar-refractivity contribution in [2.75, 3.05) is 13.2 Å². The summed E-state index contributed by atoms with van der Waals surface area (Å²) in [6, 6.07) is -1.47. The maximum absolute atomic E-state index is 11.3. The minimum absolute atomic E-state index is 0. The van der Waals surface area contributed by atoms with Crippen molar-refractivity contribution in [2.24, 2.45) is 0 Å². The summed E-state index contributed by atoms with van der Waals surface area (Å²) in [5, 5.41) is 61.7. The molecule has 1 amide bonds. The zero-order chi connectivity index (χ0) is 22.8. The number of carbonyl (C=O) groups excluding carboxylic acids is 1. The standard InChI is InChI=1S/C14H25NO14S.Na/c1-4(17)15-7-9(19)12(6(27-13(7)22)3-26-30(23,24)25)29-14-11(21)10(20)8(18)5(2-16)28-14;/h5-14,16,18-22H,2-3H2,1H3,(H,15,17)(H,23,24,25);/q;+1/p-1/t5?,6?,7-,8-,9+,10-,11-,12+,13+,14-;/m0./s1. The van der Waals surface area contributed by atoms with Crippen LogP contribution >= 0.6 is 0 Å². The van der Waals surface area contributed by atoms with E-state index in [9.17, 15) is 48.4 Å². The first-order valence-corrected chi connectivity index (χ1v) is 10.0. The van der Waals surface area contributed by atoms with Gasteiger partial charge < -0.3 is 54.7 Å². The van der Waals surface area contributed by atoms with Gasteiger partial charge in [-0.3, -0.25) is 8.98 Å². The largest absolute Gasteiger partial charge is 1.00 e. The van der Waals surface area contributed by atoms with Crippen LogP contribution in [0.25, 0.3) is 0 Å². The van der Waals surface area contributed by atoms with Gasteiger partial charge in [0.25, 0.3) is 0 Å². The minimum Gasteiger partial charge on any atom is -0.726 e. The molecule has 2 aliphatic rings. The van der Waals surface area contributed by atoms with E-state index in [1.807, 2.05) is 0 Å². The second-order valence-corrected chi connectivity index (χ2v) is 7.82. The number of nitrogens with one attached hydrogen (secondary N) is 1.